The van der Waals surface area contributed by atoms with E-state index in [9.17, 15) is 8.42 Å². The summed E-state index contributed by atoms with van der Waals surface area (Å²) in [5.41, 5.74) is 1.85. The number of sulfonamides is 1. The van der Waals surface area contributed by atoms with Crippen LogP contribution in [0.25, 0.3) is 0 Å². The van der Waals surface area contributed by atoms with Gasteiger partial charge >= 0.3 is 0 Å². The van der Waals surface area contributed by atoms with Crippen LogP contribution < -0.4 is 4.89 Å². The minimum Gasteiger partial charge on any atom is -0.271 e. The van der Waals surface area contributed by atoms with Crippen LogP contribution in [0.2, 0.25) is 0 Å². The van der Waals surface area contributed by atoms with Crippen LogP contribution >= 0.6 is 0 Å². The Morgan fingerprint density at radius 3 is 2.28 bits per heavy atom. The first-order valence-corrected chi connectivity index (χ1v) is 9.66. The second kappa shape index (κ2) is 8.82. The van der Waals surface area contributed by atoms with E-state index in [-0.39, 0.29) is 4.90 Å². The molecule has 25 heavy (non-hydrogen) atoms. The molecule has 0 aliphatic heterocycles. The lowest BCUT2D eigenvalue weighted by atomic mass is 10.1. The fraction of sp³-hybridized carbons (Fsp3) is 0.300. The molecule has 0 aromatic heterocycles. The zero-order valence-electron chi connectivity index (χ0n) is 14.7. The highest BCUT2D eigenvalue weighted by Crippen LogP contribution is 2.12. The van der Waals surface area contributed by atoms with E-state index >= 15 is 0 Å². The summed E-state index contributed by atoms with van der Waals surface area (Å²) < 4.78 is 24.6. The zero-order chi connectivity index (χ0) is 18.3. The van der Waals surface area contributed by atoms with Crippen molar-refractivity contribution < 1.29 is 13.3 Å². The molecule has 0 amide bonds. The lowest BCUT2D eigenvalue weighted by Gasteiger charge is -2.15. The summed E-state index contributed by atoms with van der Waals surface area (Å²) in [7, 11) is -3.73. The Morgan fingerprint density at radius 2 is 1.68 bits per heavy atom. The smallest absolute Gasteiger partial charge is 0.262 e. The maximum atomic E-state index is 12.3. The lowest BCUT2D eigenvalue weighted by molar-refractivity contribution is 0.0408. The average molecular weight is 357 g/mol. The van der Waals surface area contributed by atoms with Crippen molar-refractivity contribution in [2.75, 3.05) is 0 Å². The second-order valence-electron chi connectivity index (χ2n) is 6.27. The van der Waals surface area contributed by atoms with Crippen LogP contribution in [0, 0.1) is 24.7 Å². The predicted octanol–water partition coefficient (Wildman–Crippen LogP) is 3.67. The van der Waals surface area contributed by atoms with Gasteiger partial charge in [-0.15, -0.1) is 0 Å². The normalized spacial score (nSPS) is 12.5. The van der Waals surface area contributed by atoms with Crippen LogP contribution in [0.3, 0.4) is 0 Å². The molecule has 0 radical (unpaired) electrons. The number of benzene rings is 2. The minimum atomic E-state index is -3.73. The van der Waals surface area contributed by atoms with E-state index in [2.05, 4.69) is 16.7 Å². The second-order valence-corrected chi connectivity index (χ2v) is 7.92. The van der Waals surface area contributed by atoms with E-state index < -0.39 is 16.1 Å². The van der Waals surface area contributed by atoms with Crippen molar-refractivity contribution in [2.45, 2.75) is 38.2 Å². The van der Waals surface area contributed by atoms with Gasteiger partial charge in [0, 0.05) is 5.56 Å². The molecule has 0 saturated carbocycles. The summed E-state index contributed by atoms with van der Waals surface area (Å²) >= 11 is 0. The van der Waals surface area contributed by atoms with Crippen LogP contribution in [0.4, 0.5) is 0 Å². The van der Waals surface area contributed by atoms with Crippen molar-refractivity contribution in [3.05, 3.63) is 65.7 Å². The first-order valence-electron chi connectivity index (χ1n) is 8.17. The summed E-state index contributed by atoms with van der Waals surface area (Å²) in [4.78, 5) is 7.78. The minimum absolute atomic E-state index is 0.164. The van der Waals surface area contributed by atoms with Crippen molar-refractivity contribution in [1.29, 1.82) is 0 Å². The largest absolute Gasteiger partial charge is 0.271 e. The van der Waals surface area contributed by atoms with Crippen molar-refractivity contribution in [1.82, 2.24) is 4.89 Å². The van der Waals surface area contributed by atoms with Gasteiger partial charge in [0.2, 0.25) is 0 Å². The van der Waals surface area contributed by atoms with Gasteiger partial charge in [-0.25, -0.2) is 8.42 Å². The van der Waals surface area contributed by atoms with Crippen LogP contribution in [0.5, 0.6) is 0 Å². The van der Waals surface area contributed by atoms with E-state index in [1.165, 1.54) is 0 Å². The molecule has 0 fully saturated rings. The highest BCUT2D eigenvalue weighted by atomic mass is 32.2. The topological polar surface area (TPSA) is 55.4 Å². The molecule has 0 aliphatic carbocycles. The maximum Gasteiger partial charge on any atom is 0.262 e. The molecule has 2 aromatic rings. The van der Waals surface area contributed by atoms with Gasteiger partial charge in [0.1, 0.15) is 6.10 Å². The summed E-state index contributed by atoms with van der Waals surface area (Å²) in [6.45, 7) is 5.97. The van der Waals surface area contributed by atoms with Crippen LogP contribution in [0.15, 0.2) is 59.5 Å². The van der Waals surface area contributed by atoms with Gasteiger partial charge < -0.3 is 0 Å². The molecule has 1 atom stereocenters. The zero-order valence-corrected chi connectivity index (χ0v) is 15.5. The first kappa shape index (κ1) is 19.2. The standard InChI is InChI=1S/C20H23NO3S/c1-16(2)15-19(12-11-18-7-5-4-6-8-18)24-21-25(22,23)20-13-9-17(3)10-14-20/h4-10,13-14,16,19,21H,15H2,1-3H3. The Bertz CT molecular complexity index is 832. The number of aryl methyl sites for hydroxylation is 1. The monoisotopic (exact) mass is 357 g/mol. The van der Waals surface area contributed by atoms with Gasteiger partial charge in [-0.1, -0.05) is 66.5 Å². The van der Waals surface area contributed by atoms with E-state index in [0.29, 0.717) is 12.3 Å². The Balaban J connectivity index is 2.09. The van der Waals surface area contributed by atoms with E-state index in [1.807, 2.05) is 51.1 Å². The van der Waals surface area contributed by atoms with Crippen molar-refractivity contribution in [3.63, 3.8) is 0 Å². The van der Waals surface area contributed by atoms with E-state index in [0.717, 1.165) is 11.1 Å². The maximum absolute atomic E-state index is 12.3. The van der Waals surface area contributed by atoms with Crippen LogP contribution in [0.1, 0.15) is 31.4 Å². The Morgan fingerprint density at radius 1 is 1.04 bits per heavy atom. The summed E-state index contributed by atoms with van der Waals surface area (Å²) in [6, 6.07) is 16.1. The lowest BCUT2D eigenvalue weighted by Crippen LogP contribution is -2.30. The summed E-state index contributed by atoms with van der Waals surface area (Å²) in [5, 5.41) is 0. The molecule has 132 valence electrons. The SMILES string of the molecule is Cc1ccc(S(=O)(=O)NOC(C#Cc2ccccc2)CC(C)C)cc1. The third-order valence-electron chi connectivity index (χ3n) is 3.47. The molecular weight excluding hydrogens is 334 g/mol. The fourth-order valence-electron chi connectivity index (χ4n) is 2.14. The first-order chi connectivity index (χ1) is 11.9. The molecule has 0 heterocycles. The average Bonchev–Trinajstić information content (AvgIpc) is 2.58. The van der Waals surface area contributed by atoms with Crippen molar-refractivity contribution >= 4 is 10.0 Å². The number of hydrogen-bond acceptors (Lipinski definition) is 3. The highest BCUT2D eigenvalue weighted by Gasteiger charge is 2.17. The Labute approximate surface area is 150 Å². The van der Waals surface area contributed by atoms with Gasteiger partial charge in [-0.05, 0) is 43.5 Å². The molecule has 2 aromatic carbocycles. The predicted molar refractivity (Wildman–Crippen MR) is 99.1 cm³/mol. The van der Waals surface area contributed by atoms with Gasteiger partial charge in [-0.2, -0.15) is 0 Å². The van der Waals surface area contributed by atoms with Gasteiger partial charge in [-0.3, -0.25) is 4.84 Å². The molecule has 0 bridgehead atoms. The number of hydrogen-bond donors (Lipinski definition) is 1. The third-order valence-corrected chi connectivity index (χ3v) is 4.68. The molecule has 1 unspecified atom stereocenters. The quantitative estimate of drug-likeness (QED) is 0.634. The van der Waals surface area contributed by atoms with Crippen molar-refractivity contribution in [2.24, 2.45) is 5.92 Å². The van der Waals surface area contributed by atoms with E-state index in [1.54, 1.807) is 24.3 Å². The highest BCUT2D eigenvalue weighted by molar-refractivity contribution is 7.89. The molecule has 0 aliphatic rings. The van der Waals surface area contributed by atoms with Crippen LogP contribution in [-0.4, -0.2) is 14.5 Å². The van der Waals surface area contributed by atoms with Crippen molar-refractivity contribution in [3.8, 4) is 11.8 Å². The fourth-order valence-corrected chi connectivity index (χ4v) is 2.97. The van der Waals surface area contributed by atoms with Gasteiger partial charge in [0.25, 0.3) is 10.0 Å². The summed E-state index contributed by atoms with van der Waals surface area (Å²) in [6.07, 6.45) is 0.0939. The van der Waals surface area contributed by atoms with Crippen LogP contribution in [-0.2, 0) is 14.9 Å². The van der Waals surface area contributed by atoms with Gasteiger partial charge in [0.05, 0.1) is 4.90 Å². The molecule has 0 spiro atoms. The molecule has 5 heteroatoms. The Hall–Kier alpha value is -2.13. The molecule has 1 N–H and O–H groups in total. The Kier molecular flexibility index (Phi) is 6.77. The third kappa shape index (κ3) is 6.35. The molecule has 0 saturated heterocycles. The van der Waals surface area contributed by atoms with E-state index in [4.69, 9.17) is 4.84 Å². The molecule has 2 rings (SSSR count). The summed E-state index contributed by atoms with van der Waals surface area (Å²) in [5.74, 6) is 6.34. The molecular formula is C20H23NO3S. The number of rotatable bonds is 6. The molecule has 4 nitrogen and oxygen atoms in total. The number of nitrogens with one attached hydrogen (secondary N) is 1. The van der Waals surface area contributed by atoms with Gasteiger partial charge in [0.15, 0.2) is 0 Å².